The normalized spacial score (nSPS) is 15.9. The Bertz CT molecular complexity index is 1860. The Morgan fingerprint density at radius 3 is 2.44 bits per heavy atom. The maximum atomic E-state index is 13.5. The van der Waals surface area contributed by atoms with E-state index in [2.05, 4.69) is 29.4 Å². The molecule has 2 aliphatic rings. The van der Waals surface area contributed by atoms with Crippen molar-refractivity contribution in [2.45, 2.75) is 30.8 Å². The minimum Gasteiger partial charge on any atom is -0.313 e. The quantitative estimate of drug-likeness (QED) is 0.267. The highest BCUT2D eigenvalue weighted by atomic mass is 32.2. The molecular weight excluding hydrogens is 573 g/mol. The minimum atomic E-state index is -3.68. The third kappa shape index (κ3) is 4.89. The standard InChI is InChI=1S/C31H28N4O3S3/c1-34-16-15-24-27(19-34)40-31(28(24)30-32-25-8-4-5-9-26(25)39-30)33-29(36)21-10-12-23(13-11-21)41(37,38)35-17-14-20-6-2-3-7-22(20)18-35/h2-13H,14-19H2,1H3,(H,33,36). The van der Waals surface area contributed by atoms with E-state index >= 15 is 0 Å². The van der Waals surface area contributed by atoms with Gasteiger partial charge in [0.25, 0.3) is 5.91 Å². The van der Waals surface area contributed by atoms with E-state index in [-0.39, 0.29) is 10.8 Å². The number of anilines is 1. The smallest absolute Gasteiger partial charge is 0.256 e. The van der Waals surface area contributed by atoms with Crippen LogP contribution in [0.1, 0.15) is 31.9 Å². The van der Waals surface area contributed by atoms with Gasteiger partial charge in [-0.3, -0.25) is 4.79 Å². The Morgan fingerprint density at radius 1 is 0.878 bits per heavy atom. The lowest BCUT2D eigenvalue weighted by Gasteiger charge is -2.28. The highest BCUT2D eigenvalue weighted by Gasteiger charge is 2.29. The van der Waals surface area contributed by atoms with Crippen molar-refractivity contribution in [2.24, 2.45) is 0 Å². The van der Waals surface area contributed by atoms with Gasteiger partial charge in [0.15, 0.2) is 0 Å². The summed E-state index contributed by atoms with van der Waals surface area (Å²) >= 11 is 3.24. The topological polar surface area (TPSA) is 82.6 Å². The summed E-state index contributed by atoms with van der Waals surface area (Å²) in [7, 11) is -1.57. The molecule has 1 amide bonds. The van der Waals surface area contributed by atoms with E-state index in [4.69, 9.17) is 4.98 Å². The number of aromatic nitrogens is 1. The van der Waals surface area contributed by atoms with Crippen LogP contribution in [0.5, 0.6) is 0 Å². The molecule has 2 aliphatic heterocycles. The Balaban J connectivity index is 1.16. The molecule has 0 spiro atoms. The van der Waals surface area contributed by atoms with E-state index in [9.17, 15) is 13.2 Å². The summed E-state index contributed by atoms with van der Waals surface area (Å²) in [5.74, 6) is -0.268. The number of carbonyl (C=O) groups excluding carboxylic acids is 1. The molecule has 0 radical (unpaired) electrons. The molecule has 5 aromatic rings. The van der Waals surface area contributed by atoms with Gasteiger partial charge in [0.2, 0.25) is 10.0 Å². The molecule has 10 heteroatoms. The maximum absolute atomic E-state index is 13.5. The van der Waals surface area contributed by atoms with Crippen LogP contribution in [0.25, 0.3) is 20.8 Å². The summed E-state index contributed by atoms with van der Waals surface area (Å²) < 4.78 is 29.4. The van der Waals surface area contributed by atoms with Crippen LogP contribution in [0.4, 0.5) is 5.00 Å². The lowest BCUT2D eigenvalue weighted by Crippen LogP contribution is -2.35. The van der Waals surface area contributed by atoms with Crippen molar-refractivity contribution in [1.82, 2.24) is 14.2 Å². The number of thiophene rings is 1. The van der Waals surface area contributed by atoms with E-state index in [1.165, 1.54) is 32.4 Å². The number of benzene rings is 3. The van der Waals surface area contributed by atoms with Gasteiger partial charge in [-0.15, -0.1) is 22.7 Å². The first kappa shape index (κ1) is 26.5. The van der Waals surface area contributed by atoms with Crippen LogP contribution in [-0.2, 0) is 36.0 Å². The van der Waals surface area contributed by atoms with Crippen molar-refractivity contribution in [1.29, 1.82) is 0 Å². The molecule has 0 fully saturated rings. The van der Waals surface area contributed by atoms with Gasteiger partial charge in [-0.25, -0.2) is 13.4 Å². The van der Waals surface area contributed by atoms with Crippen molar-refractivity contribution in [2.75, 3.05) is 25.5 Å². The number of hydrogen-bond acceptors (Lipinski definition) is 7. The lowest BCUT2D eigenvalue weighted by atomic mass is 10.0. The number of sulfonamides is 1. The second-order valence-corrected chi connectivity index (χ2v) is 14.6. The molecule has 208 valence electrons. The van der Waals surface area contributed by atoms with E-state index in [0.29, 0.717) is 25.1 Å². The fraction of sp³-hybridized carbons (Fsp3) is 0.226. The number of nitrogens with one attached hydrogen (secondary N) is 1. The van der Waals surface area contributed by atoms with Gasteiger partial charge in [0, 0.05) is 42.2 Å². The van der Waals surface area contributed by atoms with Crippen molar-refractivity contribution in [3.05, 3.63) is 99.9 Å². The van der Waals surface area contributed by atoms with Gasteiger partial charge >= 0.3 is 0 Å². The number of rotatable bonds is 5. The molecule has 41 heavy (non-hydrogen) atoms. The van der Waals surface area contributed by atoms with Crippen molar-refractivity contribution in [3.63, 3.8) is 0 Å². The summed E-state index contributed by atoms with van der Waals surface area (Å²) in [4.78, 5) is 22.1. The largest absolute Gasteiger partial charge is 0.313 e. The van der Waals surface area contributed by atoms with E-state index in [1.54, 1.807) is 34.8 Å². The second kappa shape index (κ2) is 10.5. The number of likely N-dealkylation sites (N-methyl/N-ethyl adjacent to an activating group) is 1. The van der Waals surface area contributed by atoms with Gasteiger partial charge in [-0.05, 0) is 73.0 Å². The van der Waals surface area contributed by atoms with Gasteiger partial charge in [-0.1, -0.05) is 36.4 Å². The Morgan fingerprint density at radius 2 is 1.63 bits per heavy atom. The zero-order chi connectivity index (χ0) is 28.1. The average molecular weight is 601 g/mol. The van der Waals surface area contributed by atoms with Crippen LogP contribution in [0.15, 0.2) is 77.7 Å². The summed E-state index contributed by atoms with van der Waals surface area (Å²) in [5, 5.41) is 4.84. The van der Waals surface area contributed by atoms with Crippen molar-refractivity contribution < 1.29 is 13.2 Å². The number of thiazole rings is 1. The first-order valence-corrected chi connectivity index (χ1v) is 16.6. The molecule has 1 N–H and O–H groups in total. The van der Waals surface area contributed by atoms with Crippen molar-refractivity contribution in [3.8, 4) is 10.6 Å². The Hall–Kier alpha value is -3.41. The lowest BCUT2D eigenvalue weighted by molar-refractivity contribution is 0.102. The summed E-state index contributed by atoms with van der Waals surface area (Å²) in [5.41, 5.74) is 5.85. The molecule has 4 heterocycles. The summed E-state index contributed by atoms with van der Waals surface area (Å²) in [6, 6.07) is 22.3. The second-order valence-electron chi connectivity index (χ2n) is 10.5. The van der Waals surface area contributed by atoms with Gasteiger partial charge in [0.05, 0.1) is 15.1 Å². The fourth-order valence-electron chi connectivity index (χ4n) is 5.60. The molecule has 0 bridgehead atoms. The number of amides is 1. The molecule has 0 unspecified atom stereocenters. The first-order valence-electron chi connectivity index (χ1n) is 13.5. The molecule has 0 atom stereocenters. The maximum Gasteiger partial charge on any atom is 0.256 e. The Kier molecular flexibility index (Phi) is 6.75. The zero-order valence-corrected chi connectivity index (χ0v) is 24.9. The molecular formula is C31H28N4O3S3. The molecule has 0 saturated heterocycles. The molecule has 0 aliphatic carbocycles. The van der Waals surface area contributed by atoms with Gasteiger partial charge in [0.1, 0.15) is 10.0 Å². The van der Waals surface area contributed by atoms with E-state index < -0.39 is 10.0 Å². The number of hydrogen-bond donors (Lipinski definition) is 1. The summed E-state index contributed by atoms with van der Waals surface area (Å²) in [6.45, 7) is 2.58. The number of carbonyl (C=O) groups is 1. The third-order valence-electron chi connectivity index (χ3n) is 7.83. The monoisotopic (exact) mass is 600 g/mol. The Labute approximate surface area is 247 Å². The average Bonchev–Trinajstić information content (AvgIpc) is 3.57. The molecule has 7 rings (SSSR count). The molecule has 0 saturated carbocycles. The minimum absolute atomic E-state index is 0.193. The highest BCUT2D eigenvalue weighted by Crippen LogP contribution is 2.45. The van der Waals surface area contributed by atoms with Gasteiger partial charge in [-0.2, -0.15) is 4.31 Å². The van der Waals surface area contributed by atoms with Crippen molar-refractivity contribution >= 4 is 53.8 Å². The number of para-hydroxylation sites is 1. The predicted molar refractivity (Wildman–Crippen MR) is 165 cm³/mol. The van der Waals surface area contributed by atoms with E-state index in [0.717, 1.165) is 50.9 Å². The summed E-state index contributed by atoms with van der Waals surface area (Å²) in [6.07, 6.45) is 1.59. The SMILES string of the molecule is CN1CCc2c(sc(NC(=O)c3ccc(S(=O)(=O)N4CCc5ccccc5C4)cc3)c2-c2nc3ccccc3s2)C1. The van der Waals surface area contributed by atoms with Crippen LogP contribution < -0.4 is 5.32 Å². The molecule has 2 aromatic heterocycles. The van der Waals surface area contributed by atoms with Gasteiger partial charge < -0.3 is 10.2 Å². The fourth-order valence-corrected chi connectivity index (χ4v) is 9.45. The third-order valence-corrected chi connectivity index (χ3v) is 11.9. The molecule has 3 aromatic carbocycles. The highest BCUT2D eigenvalue weighted by molar-refractivity contribution is 7.89. The zero-order valence-electron chi connectivity index (χ0n) is 22.5. The first-order chi connectivity index (χ1) is 19.9. The van der Waals surface area contributed by atoms with Crippen LogP contribution in [0.3, 0.4) is 0 Å². The number of fused-ring (bicyclic) bond motifs is 3. The predicted octanol–water partition coefficient (Wildman–Crippen LogP) is 6.01. The molecule has 7 nitrogen and oxygen atoms in total. The van der Waals surface area contributed by atoms with E-state index in [1.807, 2.05) is 36.4 Å². The van der Waals surface area contributed by atoms with Crippen LogP contribution in [0, 0.1) is 0 Å². The van der Waals surface area contributed by atoms with Crippen LogP contribution >= 0.6 is 22.7 Å². The van der Waals surface area contributed by atoms with Crippen LogP contribution in [-0.4, -0.2) is 48.7 Å². The number of nitrogens with zero attached hydrogens (tertiary/aromatic N) is 3. The van der Waals surface area contributed by atoms with Crippen LogP contribution in [0.2, 0.25) is 0 Å².